The Bertz CT molecular complexity index is 460. The number of rotatable bonds is 6. The molecule has 5 heteroatoms. The molecule has 0 fully saturated rings. The van der Waals surface area contributed by atoms with Crippen LogP contribution in [0.15, 0.2) is 12.3 Å². The SMILES string of the molecule is CCOC(=O)c1cc(N(C)C(C)CC(C)C)ncc1N. The Kier molecular flexibility index (Phi) is 5.80. The minimum absolute atomic E-state index is 0.329. The quantitative estimate of drug-likeness (QED) is 0.811. The van der Waals surface area contributed by atoms with Crippen LogP contribution in [0.5, 0.6) is 0 Å². The molecule has 1 aromatic heterocycles. The fourth-order valence-corrected chi connectivity index (χ4v) is 2.10. The first kappa shape index (κ1) is 16.3. The highest BCUT2D eigenvalue weighted by atomic mass is 16.5. The molecule has 1 aromatic rings. The summed E-state index contributed by atoms with van der Waals surface area (Å²) in [4.78, 5) is 18.2. The van der Waals surface area contributed by atoms with Crippen molar-refractivity contribution >= 4 is 17.5 Å². The number of carbonyl (C=O) groups is 1. The molecule has 0 spiro atoms. The van der Waals surface area contributed by atoms with Gasteiger partial charge in [0.25, 0.3) is 0 Å². The van der Waals surface area contributed by atoms with E-state index in [4.69, 9.17) is 10.5 Å². The number of nitrogen functional groups attached to an aromatic ring is 1. The zero-order valence-corrected chi connectivity index (χ0v) is 13.0. The van der Waals surface area contributed by atoms with Crippen LogP contribution in [0.4, 0.5) is 11.5 Å². The van der Waals surface area contributed by atoms with Crippen molar-refractivity contribution in [1.29, 1.82) is 0 Å². The number of ether oxygens (including phenoxy) is 1. The van der Waals surface area contributed by atoms with Crippen molar-refractivity contribution in [3.63, 3.8) is 0 Å². The Morgan fingerprint density at radius 2 is 2.10 bits per heavy atom. The largest absolute Gasteiger partial charge is 0.462 e. The van der Waals surface area contributed by atoms with Gasteiger partial charge in [0.2, 0.25) is 0 Å². The third-order valence-corrected chi connectivity index (χ3v) is 3.25. The summed E-state index contributed by atoms with van der Waals surface area (Å²) >= 11 is 0. The molecule has 5 nitrogen and oxygen atoms in total. The summed E-state index contributed by atoms with van der Waals surface area (Å²) in [5.74, 6) is 0.930. The first-order chi connectivity index (χ1) is 9.36. The lowest BCUT2D eigenvalue weighted by atomic mass is 10.0. The van der Waals surface area contributed by atoms with Gasteiger partial charge < -0.3 is 15.4 Å². The normalized spacial score (nSPS) is 12.3. The topological polar surface area (TPSA) is 68.5 Å². The van der Waals surface area contributed by atoms with Gasteiger partial charge in [-0.1, -0.05) is 13.8 Å². The second kappa shape index (κ2) is 7.12. The zero-order valence-electron chi connectivity index (χ0n) is 13.0. The Balaban J connectivity index is 2.96. The van der Waals surface area contributed by atoms with Gasteiger partial charge in [-0.3, -0.25) is 0 Å². The number of aromatic nitrogens is 1. The molecule has 0 aliphatic heterocycles. The summed E-state index contributed by atoms with van der Waals surface area (Å²) in [5.41, 5.74) is 6.52. The molecule has 0 amide bonds. The fourth-order valence-electron chi connectivity index (χ4n) is 2.10. The highest BCUT2D eigenvalue weighted by Gasteiger charge is 2.17. The lowest BCUT2D eigenvalue weighted by molar-refractivity contribution is 0.0527. The second-order valence-corrected chi connectivity index (χ2v) is 5.44. The molecule has 1 atom stereocenters. The van der Waals surface area contributed by atoms with E-state index in [9.17, 15) is 4.79 Å². The van der Waals surface area contributed by atoms with Gasteiger partial charge in [0.15, 0.2) is 0 Å². The summed E-state index contributed by atoms with van der Waals surface area (Å²) in [6.07, 6.45) is 2.57. The monoisotopic (exact) mass is 279 g/mol. The average Bonchev–Trinajstić information content (AvgIpc) is 2.37. The smallest absolute Gasteiger partial charge is 0.340 e. The highest BCUT2D eigenvalue weighted by molar-refractivity contribution is 5.95. The number of pyridine rings is 1. The molecule has 20 heavy (non-hydrogen) atoms. The van der Waals surface area contributed by atoms with E-state index in [0.717, 1.165) is 12.2 Å². The lowest BCUT2D eigenvalue weighted by Gasteiger charge is -2.27. The van der Waals surface area contributed by atoms with Gasteiger partial charge in [-0.25, -0.2) is 9.78 Å². The molecule has 0 bridgehead atoms. The number of carbonyl (C=O) groups excluding carboxylic acids is 1. The van der Waals surface area contributed by atoms with Crippen LogP contribution in [0.25, 0.3) is 0 Å². The predicted molar refractivity (Wildman–Crippen MR) is 81.9 cm³/mol. The van der Waals surface area contributed by atoms with Crippen LogP contribution in [0.1, 0.15) is 44.5 Å². The van der Waals surface area contributed by atoms with Crippen LogP contribution in [0.3, 0.4) is 0 Å². The maximum atomic E-state index is 11.8. The summed E-state index contributed by atoms with van der Waals surface area (Å²) in [6, 6.07) is 2.03. The molecule has 112 valence electrons. The van der Waals surface area contributed by atoms with Gasteiger partial charge in [0.1, 0.15) is 5.82 Å². The molecule has 0 saturated carbocycles. The minimum atomic E-state index is -0.404. The van der Waals surface area contributed by atoms with Gasteiger partial charge in [-0.2, -0.15) is 0 Å². The number of hydrogen-bond donors (Lipinski definition) is 1. The van der Waals surface area contributed by atoms with Crippen LogP contribution in [0.2, 0.25) is 0 Å². The van der Waals surface area contributed by atoms with Crippen molar-refractivity contribution in [3.05, 3.63) is 17.8 Å². The van der Waals surface area contributed by atoms with E-state index in [-0.39, 0.29) is 0 Å². The van der Waals surface area contributed by atoms with E-state index in [1.807, 2.05) is 7.05 Å². The molecule has 0 aliphatic carbocycles. The van der Waals surface area contributed by atoms with Crippen LogP contribution >= 0.6 is 0 Å². The standard InChI is InChI=1S/C15H25N3O2/c1-6-20-15(19)12-8-14(17-9-13(12)16)18(5)11(4)7-10(2)3/h8-11H,6-7,16H2,1-5H3. The molecule has 0 radical (unpaired) electrons. The van der Waals surface area contributed by atoms with Crippen LogP contribution in [-0.2, 0) is 4.74 Å². The number of anilines is 2. The van der Waals surface area contributed by atoms with Gasteiger partial charge >= 0.3 is 5.97 Å². The average molecular weight is 279 g/mol. The molecule has 2 N–H and O–H groups in total. The summed E-state index contributed by atoms with van der Waals surface area (Å²) in [5, 5.41) is 0. The fraction of sp³-hybridized carbons (Fsp3) is 0.600. The van der Waals surface area contributed by atoms with Gasteiger partial charge in [0.05, 0.1) is 24.1 Å². The van der Waals surface area contributed by atoms with Gasteiger partial charge in [0, 0.05) is 13.1 Å². The van der Waals surface area contributed by atoms with E-state index in [2.05, 4.69) is 30.7 Å². The number of hydrogen-bond acceptors (Lipinski definition) is 5. The van der Waals surface area contributed by atoms with E-state index in [1.165, 1.54) is 6.20 Å². The van der Waals surface area contributed by atoms with Crippen LogP contribution in [0, 0.1) is 5.92 Å². The van der Waals surface area contributed by atoms with Crippen molar-refractivity contribution < 1.29 is 9.53 Å². The number of nitrogens with two attached hydrogens (primary N) is 1. The third-order valence-electron chi connectivity index (χ3n) is 3.25. The summed E-state index contributed by atoms with van der Waals surface area (Å²) in [7, 11) is 1.97. The molecule has 0 aliphatic rings. The molecule has 1 heterocycles. The number of esters is 1. The van der Waals surface area contributed by atoms with Crippen molar-refractivity contribution in [2.24, 2.45) is 5.92 Å². The Morgan fingerprint density at radius 1 is 1.45 bits per heavy atom. The Hall–Kier alpha value is -1.78. The molecular weight excluding hydrogens is 254 g/mol. The maximum Gasteiger partial charge on any atom is 0.340 e. The van der Waals surface area contributed by atoms with Crippen LogP contribution < -0.4 is 10.6 Å². The summed E-state index contributed by atoms with van der Waals surface area (Å²) < 4.78 is 5.00. The first-order valence-electron chi connectivity index (χ1n) is 7.02. The molecular formula is C15H25N3O2. The summed E-state index contributed by atoms with van der Waals surface area (Å²) in [6.45, 7) is 8.61. The molecule has 1 unspecified atom stereocenters. The van der Waals surface area contributed by atoms with Crippen molar-refractivity contribution in [2.45, 2.75) is 40.2 Å². The lowest BCUT2D eigenvalue weighted by Crippen LogP contribution is -2.31. The number of nitrogens with zero attached hydrogens (tertiary/aromatic N) is 2. The highest BCUT2D eigenvalue weighted by Crippen LogP contribution is 2.21. The van der Waals surface area contributed by atoms with E-state index < -0.39 is 5.97 Å². The van der Waals surface area contributed by atoms with Gasteiger partial charge in [-0.15, -0.1) is 0 Å². The van der Waals surface area contributed by atoms with Crippen LogP contribution in [-0.4, -0.2) is 30.6 Å². The maximum absolute atomic E-state index is 11.8. The molecule has 0 saturated heterocycles. The van der Waals surface area contributed by atoms with Crippen molar-refractivity contribution in [1.82, 2.24) is 4.98 Å². The van der Waals surface area contributed by atoms with E-state index in [1.54, 1.807) is 13.0 Å². The molecule has 1 rings (SSSR count). The van der Waals surface area contributed by atoms with E-state index in [0.29, 0.717) is 29.8 Å². The van der Waals surface area contributed by atoms with Crippen molar-refractivity contribution in [2.75, 3.05) is 24.3 Å². The second-order valence-electron chi connectivity index (χ2n) is 5.44. The Labute approximate surface area is 121 Å². The minimum Gasteiger partial charge on any atom is -0.462 e. The van der Waals surface area contributed by atoms with Gasteiger partial charge in [-0.05, 0) is 32.3 Å². The Morgan fingerprint density at radius 3 is 2.65 bits per heavy atom. The van der Waals surface area contributed by atoms with E-state index >= 15 is 0 Å². The first-order valence-corrected chi connectivity index (χ1v) is 7.02. The van der Waals surface area contributed by atoms with Crippen molar-refractivity contribution in [3.8, 4) is 0 Å². The molecule has 0 aromatic carbocycles. The third kappa shape index (κ3) is 4.11. The predicted octanol–water partition coefficient (Wildman–Crippen LogP) is 2.71. The zero-order chi connectivity index (χ0) is 15.3.